The van der Waals surface area contributed by atoms with E-state index in [9.17, 15) is 4.79 Å². The molecule has 0 aliphatic rings. The third-order valence-corrected chi connectivity index (χ3v) is 2.74. The first-order valence-corrected chi connectivity index (χ1v) is 5.19. The second-order valence-corrected chi connectivity index (χ2v) is 3.80. The Bertz CT molecular complexity index is 737. The molecular weight excluding hydrogens is 214 g/mol. The van der Waals surface area contributed by atoms with E-state index >= 15 is 0 Å². The summed E-state index contributed by atoms with van der Waals surface area (Å²) in [5.74, 6) is -0.430. The minimum Gasteiger partial charge on any atom is -0.366 e. The Labute approximate surface area is 97.1 Å². The van der Waals surface area contributed by atoms with E-state index in [1.807, 2.05) is 18.2 Å². The zero-order valence-corrected chi connectivity index (χ0v) is 8.92. The van der Waals surface area contributed by atoms with E-state index in [4.69, 9.17) is 5.73 Å². The van der Waals surface area contributed by atoms with E-state index < -0.39 is 5.91 Å². The van der Waals surface area contributed by atoms with Gasteiger partial charge in [-0.2, -0.15) is 0 Å². The molecule has 4 nitrogen and oxygen atoms in total. The van der Waals surface area contributed by atoms with E-state index in [0.717, 1.165) is 16.2 Å². The van der Waals surface area contributed by atoms with Crippen molar-refractivity contribution in [3.05, 3.63) is 48.3 Å². The number of benzene rings is 1. The van der Waals surface area contributed by atoms with Gasteiger partial charge >= 0.3 is 0 Å². The Morgan fingerprint density at radius 1 is 1.12 bits per heavy atom. The van der Waals surface area contributed by atoms with Gasteiger partial charge in [-0.15, -0.1) is 0 Å². The standard InChI is InChI=1S/C13H9N3O/c14-12(17)8-3-4-9-7-16-13-10(11(9)6-8)2-1-5-15-13/h1-7H,(H2,14,17). The molecule has 4 heteroatoms. The number of nitrogens with zero attached hydrogens (tertiary/aromatic N) is 2. The van der Waals surface area contributed by atoms with Gasteiger partial charge < -0.3 is 5.73 Å². The predicted octanol–water partition coefficient (Wildman–Crippen LogP) is 1.88. The molecule has 0 aliphatic heterocycles. The van der Waals surface area contributed by atoms with Crippen LogP contribution in [0.15, 0.2) is 42.7 Å². The van der Waals surface area contributed by atoms with Crippen molar-refractivity contribution in [1.29, 1.82) is 0 Å². The van der Waals surface area contributed by atoms with Gasteiger partial charge in [-0.25, -0.2) is 9.97 Å². The van der Waals surface area contributed by atoms with E-state index in [1.165, 1.54) is 0 Å². The molecule has 0 spiro atoms. The predicted molar refractivity (Wildman–Crippen MR) is 65.6 cm³/mol. The summed E-state index contributed by atoms with van der Waals surface area (Å²) in [6.07, 6.45) is 3.44. The number of nitrogens with two attached hydrogens (primary N) is 1. The van der Waals surface area contributed by atoms with Crippen LogP contribution in [0.2, 0.25) is 0 Å². The minimum absolute atomic E-state index is 0.430. The van der Waals surface area contributed by atoms with E-state index in [-0.39, 0.29) is 0 Å². The van der Waals surface area contributed by atoms with Crippen LogP contribution in [-0.4, -0.2) is 15.9 Å². The number of amides is 1. The fraction of sp³-hybridized carbons (Fsp3) is 0. The summed E-state index contributed by atoms with van der Waals surface area (Å²) in [6, 6.07) is 9.11. The van der Waals surface area contributed by atoms with Crippen LogP contribution in [0, 0.1) is 0 Å². The van der Waals surface area contributed by atoms with Crippen LogP contribution in [0.3, 0.4) is 0 Å². The summed E-state index contributed by atoms with van der Waals surface area (Å²) >= 11 is 0. The van der Waals surface area contributed by atoms with Crippen molar-refractivity contribution in [1.82, 2.24) is 9.97 Å². The molecule has 0 aliphatic carbocycles. The highest BCUT2D eigenvalue weighted by molar-refractivity contribution is 6.07. The zero-order chi connectivity index (χ0) is 11.8. The van der Waals surface area contributed by atoms with Crippen LogP contribution < -0.4 is 5.73 Å². The first-order valence-electron chi connectivity index (χ1n) is 5.19. The van der Waals surface area contributed by atoms with Gasteiger partial charge in [0.25, 0.3) is 0 Å². The van der Waals surface area contributed by atoms with Gasteiger partial charge in [0.05, 0.1) is 0 Å². The van der Waals surface area contributed by atoms with Crippen molar-refractivity contribution in [2.75, 3.05) is 0 Å². The SMILES string of the molecule is NC(=O)c1ccc2cnc3ncccc3c2c1. The number of pyridine rings is 2. The maximum atomic E-state index is 11.2. The summed E-state index contributed by atoms with van der Waals surface area (Å²) in [5, 5.41) is 2.84. The number of hydrogen-bond acceptors (Lipinski definition) is 3. The largest absolute Gasteiger partial charge is 0.366 e. The van der Waals surface area contributed by atoms with Gasteiger partial charge in [0.2, 0.25) is 5.91 Å². The van der Waals surface area contributed by atoms with Gasteiger partial charge in [-0.1, -0.05) is 6.07 Å². The highest BCUT2D eigenvalue weighted by atomic mass is 16.1. The Morgan fingerprint density at radius 2 is 2.00 bits per heavy atom. The number of aromatic nitrogens is 2. The second-order valence-electron chi connectivity index (χ2n) is 3.80. The molecular formula is C13H9N3O. The first kappa shape index (κ1) is 9.72. The van der Waals surface area contributed by atoms with Gasteiger partial charge in [0, 0.05) is 28.7 Å². The molecule has 0 saturated carbocycles. The molecule has 0 saturated heterocycles. The maximum absolute atomic E-state index is 11.2. The summed E-state index contributed by atoms with van der Waals surface area (Å²) in [4.78, 5) is 19.6. The second kappa shape index (κ2) is 3.52. The summed E-state index contributed by atoms with van der Waals surface area (Å²) < 4.78 is 0. The number of fused-ring (bicyclic) bond motifs is 3. The number of primary amides is 1. The van der Waals surface area contributed by atoms with Crippen LogP contribution in [0.5, 0.6) is 0 Å². The lowest BCUT2D eigenvalue weighted by atomic mass is 10.1. The fourth-order valence-corrected chi connectivity index (χ4v) is 1.90. The van der Waals surface area contributed by atoms with Crippen LogP contribution in [0.25, 0.3) is 21.8 Å². The summed E-state index contributed by atoms with van der Waals surface area (Å²) in [7, 11) is 0. The average molecular weight is 223 g/mol. The smallest absolute Gasteiger partial charge is 0.248 e. The molecule has 82 valence electrons. The highest BCUT2D eigenvalue weighted by Gasteiger charge is 2.05. The van der Waals surface area contributed by atoms with Crippen molar-refractivity contribution in [2.45, 2.75) is 0 Å². The zero-order valence-electron chi connectivity index (χ0n) is 8.92. The van der Waals surface area contributed by atoms with Crippen molar-refractivity contribution in [3.8, 4) is 0 Å². The van der Waals surface area contributed by atoms with Crippen molar-refractivity contribution in [3.63, 3.8) is 0 Å². The molecule has 0 atom stereocenters. The highest BCUT2D eigenvalue weighted by Crippen LogP contribution is 2.22. The average Bonchev–Trinajstić information content (AvgIpc) is 2.38. The van der Waals surface area contributed by atoms with Gasteiger partial charge in [-0.05, 0) is 29.7 Å². The Hall–Kier alpha value is -2.49. The molecule has 17 heavy (non-hydrogen) atoms. The Kier molecular flexibility index (Phi) is 2.01. The lowest BCUT2D eigenvalue weighted by Gasteiger charge is -2.03. The van der Waals surface area contributed by atoms with Gasteiger partial charge in [0.1, 0.15) is 0 Å². The molecule has 2 aromatic heterocycles. The number of carbonyl (C=O) groups is 1. The van der Waals surface area contributed by atoms with Gasteiger partial charge in [0.15, 0.2) is 5.65 Å². The van der Waals surface area contributed by atoms with Gasteiger partial charge in [-0.3, -0.25) is 4.79 Å². The number of carbonyl (C=O) groups excluding carboxylic acids is 1. The monoisotopic (exact) mass is 223 g/mol. The third kappa shape index (κ3) is 1.50. The molecule has 0 bridgehead atoms. The lowest BCUT2D eigenvalue weighted by molar-refractivity contribution is 0.100. The first-order chi connectivity index (χ1) is 8.25. The molecule has 2 heterocycles. The molecule has 2 N–H and O–H groups in total. The Morgan fingerprint density at radius 3 is 2.82 bits per heavy atom. The molecule has 0 unspecified atom stereocenters. The number of rotatable bonds is 1. The topological polar surface area (TPSA) is 68.9 Å². The molecule has 0 fully saturated rings. The van der Waals surface area contributed by atoms with Crippen LogP contribution in [-0.2, 0) is 0 Å². The van der Waals surface area contributed by atoms with E-state index in [2.05, 4.69) is 9.97 Å². The fourth-order valence-electron chi connectivity index (χ4n) is 1.90. The maximum Gasteiger partial charge on any atom is 0.248 e. The van der Waals surface area contributed by atoms with Crippen molar-refractivity contribution < 1.29 is 4.79 Å². The van der Waals surface area contributed by atoms with Crippen LogP contribution >= 0.6 is 0 Å². The van der Waals surface area contributed by atoms with Crippen molar-refractivity contribution in [2.24, 2.45) is 5.73 Å². The third-order valence-electron chi connectivity index (χ3n) is 2.74. The minimum atomic E-state index is -0.430. The quantitative estimate of drug-likeness (QED) is 0.640. The lowest BCUT2D eigenvalue weighted by Crippen LogP contribution is -2.10. The number of hydrogen-bond donors (Lipinski definition) is 1. The normalized spacial score (nSPS) is 10.8. The van der Waals surface area contributed by atoms with Crippen LogP contribution in [0.4, 0.5) is 0 Å². The summed E-state index contributed by atoms with van der Waals surface area (Å²) in [5.41, 5.74) is 6.44. The van der Waals surface area contributed by atoms with E-state index in [0.29, 0.717) is 11.2 Å². The molecule has 0 radical (unpaired) electrons. The molecule has 3 rings (SSSR count). The molecule has 3 aromatic rings. The molecule has 1 aromatic carbocycles. The van der Waals surface area contributed by atoms with Crippen molar-refractivity contribution >= 4 is 27.7 Å². The Balaban J connectivity index is 2.46. The van der Waals surface area contributed by atoms with E-state index in [1.54, 1.807) is 24.5 Å². The van der Waals surface area contributed by atoms with Crippen LogP contribution in [0.1, 0.15) is 10.4 Å². The summed E-state index contributed by atoms with van der Waals surface area (Å²) in [6.45, 7) is 0. The molecule has 1 amide bonds.